The number of alkyl halides is 3. The van der Waals surface area contributed by atoms with E-state index in [0.717, 1.165) is 32.5 Å². The summed E-state index contributed by atoms with van der Waals surface area (Å²) in [4.78, 5) is 49.1. The maximum atomic E-state index is 12.7. The lowest BCUT2D eigenvalue weighted by Gasteiger charge is -2.46. The molecule has 0 radical (unpaired) electrons. The summed E-state index contributed by atoms with van der Waals surface area (Å²) in [6.07, 6.45) is -11.9. The number of rotatable bonds is 10. The number of nitrogens with one attached hydrogen (secondary N) is 1. The van der Waals surface area contributed by atoms with Crippen LogP contribution >= 0.6 is 46.6 Å². The fourth-order valence-electron chi connectivity index (χ4n) is 4.41. The largest absolute Gasteiger partial charge is 0.463 e. The Morgan fingerprint density at radius 1 is 0.841 bits per heavy atom. The minimum atomic E-state index is -2.50. The predicted molar refractivity (Wildman–Crippen MR) is 154 cm³/mol. The van der Waals surface area contributed by atoms with Crippen molar-refractivity contribution < 1.29 is 62.9 Å². The number of benzene rings is 1. The minimum absolute atomic E-state index is 0.501. The summed E-state index contributed by atoms with van der Waals surface area (Å²) in [5.41, 5.74) is -1.03. The molecule has 2 fully saturated rings. The van der Waals surface area contributed by atoms with Crippen LogP contribution in [0.1, 0.15) is 20.8 Å². The molecule has 2 saturated heterocycles. The van der Waals surface area contributed by atoms with Crippen LogP contribution in [-0.2, 0) is 47.6 Å². The SMILES string of the molecule is CC(=O)OC[C@H]1O[C@@H](OC[C@H]2O[C@H](Sc3ccccc3)[C@@H](O)[C@@H](O)[C@@H]2O)[C@H](NC(=O)C(Cl)(Cl)Cl)[C@@H](OC(C)=O)[C@@H]1OC(C)=O. The number of carbonyl (C=O) groups excluding carboxylic acids is 4. The van der Waals surface area contributed by atoms with E-state index in [4.69, 9.17) is 63.2 Å². The van der Waals surface area contributed by atoms with Gasteiger partial charge in [0.05, 0.1) is 6.61 Å². The average molecular weight is 705 g/mol. The van der Waals surface area contributed by atoms with Gasteiger partial charge in [0.15, 0.2) is 18.5 Å². The molecule has 0 unspecified atom stereocenters. The molecule has 0 saturated carbocycles. The summed E-state index contributed by atoms with van der Waals surface area (Å²) in [5.74, 6) is -3.59. The number of esters is 3. The number of thioether (sulfide) groups is 1. The number of hydrogen-bond donors (Lipinski definition) is 4. The van der Waals surface area contributed by atoms with Crippen molar-refractivity contribution >= 4 is 70.4 Å². The van der Waals surface area contributed by atoms with E-state index in [1.54, 1.807) is 30.3 Å². The first kappa shape index (κ1) is 36.5. The van der Waals surface area contributed by atoms with Crippen LogP contribution in [0.4, 0.5) is 0 Å². The topological polar surface area (TPSA) is 196 Å². The summed E-state index contributed by atoms with van der Waals surface area (Å²) in [6.45, 7) is 2.22. The van der Waals surface area contributed by atoms with Crippen molar-refractivity contribution in [1.82, 2.24) is 5.32 Å². The Hall–Kier alpha value is -1.92. The first-order valence-corrected chi connectivity index (χ1v) is 15.1. The number of carbonyl (C=O) groups is 4. The van der Waals surface area contributed by atoms with E-state index in [1.165, 1.54) is 0 Å². The highest BCUT2D eigenvalue weighted by molar-refractivity contribution is 7.99. The quantitative estimate of drug-likeness (QED) is 0.150. The minimum Gasteiger partial charge on any atom is -0.463 e. The normalized spacial score (nSPS) is 32.3. The molecule has 2 aliphatic heterocycles. The Morgan fingerprint density at radius 2 is 1.45 bits per heavy atom. The van der Waals surface area contributed by atoms with E-state index in [0.29, 0.717) is 4.90 Å². The smallest absolute Gasteiger partial charge is 0.303 e. The Morgan fingerprint density at radius 3 is 2.02 bits per heavy atom. The molecular weight excluding hydrogens is 673 g/mol. The van der Waals surface area contributed by atoms with Crippen LogP contribution in [0.5, 0.6) is 0 Å². The predicted octanol–water partition coefficient (Wildman–Crippen LogP) is 0.609. The second-order valence-corrected chi connectivity index (χ2v) is 13.2. The highest BCUT2D eigenvalue weighted by Gasteiger charge is 2.53. The third-order valence-electron chi connectivity index (χ3n) is 6.35. The summed E-state index contributed by atoms with van der Waals surface area (Å²) < 4.78 is 31.0. The van der Waals surface area contributed by atoms with Crippen LogP contribution in [0.25, 0.3) is 0 Å². The van der Waals surface area contributed by atoms with E-state index in [1.807, 2.05) is 0 Å². The van der Waals surface area contributed by atoms with E-state index in [2.05, 4.69) is 5.32 Å². The maximum absolute atomic E-state index is 12.7. The third kappa shape index (κ3) is 10.0. The van der Waals surface area contributed by atoms with Crippen molar-refractivity contribution in [3.05, 3.63) is 30.3 Å². The van der Waals surface area contributed by atoms with Crippen LogP contribution in [0, 0.1) is 0 Å². The number of amides is 1. The van der Waals surface area contributed by atoms with Gasteiger partial charge in [-0.2, -0.15) is 0 Å². The molecule has 3 rings (SSSR count). The molecule has 1 amide bonds. The van der Waals surface area contributed by atoms with Gasteiger partial charge in [-0.1, -0.05) is 64.8 Å². The Balaban J connectivity index is 1.91. The van der Waals surface area contributed by atoms with Gasteiger partial charge in [-0.15, -0.1) is 0 Å². The van der Waals surface area contributed by atoms with Crippen LogP contribution in [0.2, 0.25) is 0 Å². The monoisotopic (exact) mass is 703 g/mol. The molecular formula is C26H32Cl3NO13S. The van der Waals surface area contributed by atoms with Gasteiger partial charge >= 0.3 is 17.9 Å². The first-order valence-electron chi connectivity index (χ1n) is 13.1. The molecule has 246 valence electrons. The zero-order valence-electron chi connectivity index (χ0n) is 23.5. The number of aliphatic hydroxyl groups is 3. The van der Waals surface area contributed by atoms with Crippen molar-refractivity contribution in [3.63, 3.8) is 0 Å². The molecule has 4 N–H and O–H groups in total. The summed E-state index contributed by atoms with van der Waals surface area (Å²) in [5, 5.41) is 34.1. The van der Waals surface area contributed by atoms with Crippen LogP contribution in [0.15, 0.2) is 35.2 Å². The third-order valence-corrected chi connectivity index (χ3v) is 8.03. The molecule has 1 aromatic carbocycles. The highest BCUT2D eigenvalue weighted by Crippen LogP contribution is 2.35. The van der Waals surface area contributed by atoms with E-state index in [9.17, 15) is 34.5 Å². The molecule has 1 aromatic rings. The molecule has 0 aromatic heterocycles. The van der Waals surface area contributed by atoms with E-state index < -0.39 is 101 Å². The van der Waals surface area contributed by atoms with Gasteiger partial charge in [0, 0.05) is 25.7 Å². The molecule has 10 atom stereocenters. The number of halogens is 3. The van der Waals surface area contributed by atoms with Crippen molar-refractivity contribution in [3.8, 4) is 0 Å². The second-order valence-electron chi connectivity index (χ2n) is 9.77. The van der Waals surface area contributed by atoms with E-state index in [-0.39, 0.29) is 0 Å². The first-order chi connectivity index (χ1) is 20.6. The van der Waals surface area contributed by atoms with Crippen molar-refractivity contribution in [1.29, 1.82) is 0 Å². The molecule has 18 heteroatoms. The number of hydrogen-bond acceptors (Lipinski definition) is 14. The summed E-state index contributed by atoms with van der Waals surface area (Å²) in [7, 11) is 0. The number of ether oxygens (including phenoxy) is 6. The van der Waals surface area contributed by atoms with Gasteiger partial charge in [-0.3, -0.25) is 19.2 Å². The molecule has 2 aliphatic rings. The Kier molecular flexibility index (Phi) is 13.3. The lowest BCUT2D eigenvalue weighted by molar-refractivity contribution is -0.290. The molecule has 44 heavy (non-hydrogen) atoms. The molecule has 0 aliphatic carbocycles. The number of aliphatic hydroxyl groups excluding tert-OH is 3. The van der Waals surface area contributed by atoms with Crippen LogP contribution in [-0.4, -0.2) is 117 Å². The zero-order valence-corrected chi connectivity index (χ0v) is 26.6. The second kappa shape index (κ2) is 16.1. The fourth-order valence-corrected chi connectivity index (χ4v) is 5.65. The van der Waals surface area contributed by atoms with Gasteiger partial charge in [0.2, 0.25) is 0 Å². The van der Waals surface area contributed by atoms with Gasteiger partial charge in [0.1, 0.15) is 48.6 Å². The van der Waals surface area contributed by atoms with Crippen molar-refractivity contribution in [2.75, 3.05) is 13.2 Å². The lowest BCUT2D eigenvalue weighted by atomic mass is 9.95. The molecule has 0 spiro atoms. The highest BCUT2D eigenvalue weighted by atomic mass is 35.6. The van der Waals surface area contributed by atoms with Crippen LogP contribution < -0.4 is 5.32 Å². The summed E-state index contributed by atoms with van der Waals surface area (Å²) in [6, 6.07) is 7.34. The molecule has 0 bridgehead atoms. The van der Waals surface area contributed by atoms with Crippen LogP contribution in [0.3, 0.4) is 0 Å². The Labute approximate surface area is 271 Å². The van der Waals surface area contributed by atoms with Crippen molar-refractivity contribution in [2.45, 2.75) is 90.0 Å². The zero-order chi connectivity index (χ0) is 32.8. The Bertz CT molecular complexity index is 1160. The van der Waals surface area contributed by atoms with Gasteiger partial charge < -0.3 is 49.1 Å². The average Bonchev–Trinajstić information content (AvgIpc) is 2.93. The lowest BCUT2D eigenvalue weighted by Crippen LogP contribution is -2.68. The van der Waals surface area contributed by atoms with Gasteiger partial charge in [0.25, 0.3) is 9.70 Å². The van der Waals surface area contributed by atoms with Gasteiger partial charge in [-0.25, -0.2) is 0 Å². The maximum Gasteiger partial charge on any atom is 0.303 e. The summed E-state index contributed by atoms with van der Waals surface area (Å²) >= 11 is 18.3. The fraction of sp³-hybridized carbons (Fsp3) is 0.615. The molecule has 14 nitrogen and oxygen atoms in total. The molecule has 2 heterocycles. The van der Waals surface area contributed by atoms with E-state index >= 15 is 0 Å². The standard InChI is InChI=1S/C26H32Cl3NO13S/c1-11(31)38-10-16-21(40-12(2)32)22(41-13(3)33)17(30-25(37)26(27,28)29)23(42-16)39-9-15-18(34)19(35)20(36)24(43-15)44-14-7-5-4-6-8-14/h4-8,15-24,34-36H,9-10H2,1-3H3,(H,30,37)/t15-,16-,17-,18-,19+,20+,21-,22-,23-,24-/m1/s1. The van der Waals surface area contributed by atoms with Gasteiger partial charge in [-0.05, 0) is 12.1 Å². The van der Waals surface area contributed by atoms with Crippen molar-refractivity contribution in [2.24, 2.45) is 0 Å².